The van der Waals surface area contributed by atoms with E-state index in [-0.39, 0.29) is 18.0 Å². The molecule has 4 aromatic rings. The van der Waals surface area contributed by atoms with Crippen molar-refractivity contribution >= 4 is 11.8 Å². The van der Waals surface area contributed by atoms with Crippen LogP contribution in [0.3, 0.4) is 0 Å². The Balaban J connectivity index is 1.50. The molecule has 0 aliphatic heterocycles. The average molecular weight is 503 g/mol. The minimum Gasteiger partial charge on any atom is -0.347 e. The first-order valence-electron chi connectivity index (χ1n) is 12.2. The molecule has 4 rings (SSSR count). The summed E-state index contributed by atoms with van der Waals surface area (Å²) in [5.74, 6) is 0.483. The van der Waals surface area contributed by atoms with Crippen molar-refractivity contribution in [1.82, 2.24) is 41.0 Å². The molecular formula is C26H30N8O3. The number of carbonyl (C=O) groups is 2. The van der Waals surface area contributed by atoms with Gasteiger partial charge in [0.05, 0.1) is 0 Å². The highest BCUT2D eigenvalue weighted by molar-refractivity contribution is 5.92. The first-order chi connectivity index (χ1) is 18.1. The fraction of sp³-hybridized carbons (Fsp3) is 0.308. The van der Waals surface area contributed by atoms with E-state index in [4.69, 9.17) is 5.21 Å². The van der Waals surface area contributed by atoms with Gasteiger partial charge in [0, 0.05) is 37.2 Å². The van der Waals surface area contributed by atoms with Crippen LogP contribution in [0.2, 0.25) is 0 Å². The van der Waals surface area contributed by atoms with Crippen LogP contribution in [0.1, 0.15) is 53.6 Å². The quantitative estimate of drug-likeness (QED) is 0.172. The fourth-order valence-electron chi connectivity index (χ4n) is 4.08. The number of imidazole rings is 1. The lowest BCUT2D eigenvalue weighted by atomic mass is 10.0. The van der Waals surface area contributed by atoms with Crippen LogP contribution in [0.15, 0.2) is 60.8 Å². The van der Waals surface area contributed by atoms with Crippen LogP contribution >= 0.6 is 0 Å². The number of aromatic nitrogens is 6. The van der Waals surface area contributed by atoms with Gasteiger partial charge in [0.25, 0.3) is 5.91 Å². The number of benzene rings is 2. The summed E-state index contributed by atoms with van der Waals surface area (Å²) in [6, 6.07) is 16.9. The summed E-state index contributed by atoms with van der Waals surface area (Å²) in [6.07, 6.45) is 4.82. The van der Waals surface area contributed by atoms with Crippen LogP contribution in [-0.2, 0) is 24.2 Å². The second-order valence-corrected chi connectivity index (χ2v) is 8.82. The highest BCUT2D eigenvalue weighted by Gasteiger charge is 2.21. The number of amides is 2. The molecule has 11 heteroatoms. The standard InChI is InChI=1S/C26H30N8O3/c1-2-3-9-23-28-22(17-34(23)16-19-10-12-20(13-11-19)25-29-32-33-30-25)26(36)27-21(15-24(35)31-37)14-18-7-5-4-6-8-18/h4-8,10-13,17,21,37H,2-3,9,14-16H2,1H3,(H,27,36)(H,31,35)(H,29,30,32,33)/t21-/m1/s1. The first-order valence-corrected chi connectivity index (χ1v) is 12.2. The van der Waals surface area contributed by atoms with Gasteiger partial charge in [-0.1, -0.05) is 67.9 Å². The molecule has 4 N–H and O–H groups in total. The maximum Gasteiger partial charge on any atom is 0.271 e. The van der Waals surface area contributed by atoms with Crippen molar-refractivity contribution in [2.24, 2.45) is 0 Å². The Morgan fingerprint density at radius 2 is 1.86 bits per heavy atom. The van der Waals surface area contributed by atoms with Crippen molar-refractivity contribution in [3.8, 4) is 11.4 Å². The lowest BCUT2D eigenvalue weighted by Gasteiger charge is -2.17. The van der Waals surface area contributed by atoms with E-state index in [1.54, 1.807) is 11.7 Å². The molecule has 1 atom stereocenters. The molecule has 2 aromatic heterocycles. The van der Waals surface area contributed by atoms with E-state index in [2.05, 4.69) is 37.8 Å². The number of carbonyl (C=O) groups excluding carboxylic acids is 2. The minimum atomic E-state index is -0.569. The van der Waals surface area contributed by atoms with Gasteiger partial charge in [0.1, 0.15) is 11.5 Å². The Morgan fingerprint density at radius 1 is 1.08 bits per heavy atom. The Labute approximate surface area is 214 Å². The number of tetrazole rings is 1. The van der Waals surface area contributed by atoms with Gasteiger partial charge >= 0.3 is 0 Å². The second-order valence-electron chi connectivity index (χ2n) is 8.82. The summed E-state index contributed by atoms with van der Waals surface area (Å²) < 4.78 is 1.99. The topological polar surface area (TPSA) is 151 Å². The normalized spacial score (nSPS) is 11.7. The van der Waals surface area contributed by atoms with Crippen molar-refractivity contribution in [1.29, 1.82) is 0 Å². The highest BCUT2D eigenvalue weighted by atomic mass is 16.5. The van der Waals surface area contributed by atoms with E-state index in [1.165, 1.54) is 0 Å². The SMILES string of the molecule is CCCCc1nc(C(=O)N[C@@H](CC(=O)NO)Cc2ccccc2)cn1Cc1ccc(-c2nnn[nH]2)cc1. The number of rotatable bonds is 12. The summed E-state index contributed by atoms with van der Waals surface area (Å²) in [5, 5.41) is 25.8. The predicted octanol–water partition coefficient (Wildman–Crippen LogP) is 2.69. The maximum absolute atomic E-state index is 13.2. The van der Waals surface area contributed by atoms with E-state index in [1.807, 2.05) is 59.2 Å². The largest absolute Gasteiger partial charge is 0.347 e. The number of aromatic amines is 1. The molecule has 37 heavy (non-hydrogen) atoms. The molecule has 0 spiro atoms. The average Bonchev–Trinajstić information content (AvgIpc) is 3.59. The third-order valence-electron chi connectivity index (χ3n) is 5.99. The number of nitrogens with zero attached hydrogens (tertiary/aromatic N) is 5. The number of unbranched alkanes of at least 4 members (excludes halogenated alkanes) is 1. The van der Waals surface area contributed by atoms with Gasteiger partial charge in [-0.25, -0.2) is 15.6 Å². The number of aryl methyl sites for hydroxylation is 1. The molecule has 2 heterocycles. The van der Waals surface area contributed by atoms with Gasteiger partial charge in [-0.05, 0) is 34.4 Å². The molecule has 2 amide bonds. The summed E-state index contributed by atoms with van der Waals surface area (Å²) >= 11 is 0. The van der Waals surface area contributed by atoms with Crippen LogP contribution in [-0.4, -0.2) is 53.2 Å². The third kappa shape index (κ3) is 7.07. The molecule has 0 radical (unpaired) electrons. The molecular weight excluding hydrogens is 472 g/mol. The Morgan fingerprint density at radius 3 is 2.54 bits per heavy atom. The summed E-state index contributed by atoms with van der Waals surface area (Å²) in [4.78, 5) is 29.7. The molecule has 192 valence electrons. The van der Waals surface area contributed by atoms with Crippen molar-refractivity contribution in [2.75, 3.05) is 0 Å². The number of nitrogens with one attached hydrogen (secondary N) is 3. The van der Waals surface area contributed by atoms with E-state index >= 15 is 0 Å². The monoisotopic (exact) mass is 502 g/mol. The number of hydrogen-bond donors (Lipinski definition) is 4. The predicted molar refractivity (Wildman–Crippen MR) is 136 cm³/mol. The highest BCUT2D eigenvalue weighted by Crippen LogP contribution is 2.17. The van der Waals surface area contributed by atoms with Crippen molar-refractivity contribution < 1.29 is 14.8 Å². The van der Waals surface area contributed by atoms with Crippen molar-refractivity contribution in [2.45, 2.75) is 51.6 Å². The van der Waals surface area contributed by atoms with Crippen LogP contribution in [0.4, 0.5) is 0 Å². The molecule has 0 unspecified atom stereocenters. The van der Waals surface area contributed by atoms with Crippen molar-refractivity contribution in [3.05, 3.63) is 83.4 Å². The van der Waals surface area contributed by atoms with Crippen molar-refractivity contribution in [3.63, 3.8) is 0 Å². The van der Waals surface area contributed by atoms with Gasteiger partial charge in [-0.15, -0.1) is 5.10 Å². The summed E-state index contributed by atoms with van der Waals surface area (Å²) in [5.41, 5.74) is 4.83. The lowest BCUT2D eigenvalue weighted by molar-refractivity contribution is -0.129. The Hall–Kier alpha value is -4.38. The molecule has 11 nitrogen and oxygen atoms in total. The van der Waals surface area contributed by atoms with E-state index in [9.17, 15) is 9.59 Å². The first kappa shape index (κ1) is 25.7. The van der Waals surface area contributed by atoms with Crippen LogP contribution in [0.25, 0.3) is 11.4 Å². The zero-order valence-electron chi connectivity index (χ0n) is 20.6. The molecule has 0 fully saturated rings. The lowest BCUT2D eigenvalue weighted by Crippen LogP contribution is -2.40. The van der Waals surface area contributed by atoms with Crippen LogP contribution in [0, 0.1) is 0 Å². The fourth-order valence-corrected chi connectivity index (χ4v) is 4.08. The van der Waals surface area contributed by atoms with E-state index in [0.29, 0.717) is 18.8 Å². The summed E-state index contributed by atoms with van der Waals surface area (Å²) in [6.45, 7) is 2.66. The molecule has 0 bridgehead atoms. The Bertz CT molecular complexity index is 1290. The number of hydrogen-bond acceptors (Lipinski definition) is 7. The molecule has 0 saturated carbocycles. The van der Waals surface area contributed by atoms with Gasteiger partial charge in [-0.3, -0.25) is 14.8 Å². The molecule has 0 saturated heterocycles. The van der Waals surface area contributed by atoms with Gasteiger partial charge < -0.3 is 9.88 Å². The maximum atomic E-state index is 13.2. The minimum absolute atomic E-state index is 0.0619. The third-order valence-corrected chi connectivity index (χ3v) is 5.99. The molecule has 0 aliphatic carbocycles. The second kappa shape index (κ2) is 12.5. The molecule has 0 aliphatic rings. The zero-order chi connectivity index (χ0) is 26.0. The van der Waals surface area contributed by atoms with E-state index in [0.717, 1.165) is 41.8 Å². The smallest absolute Gasteiger partial charge is 0.271 e. The Kier molecular flexibility index (Phi) is 8.71. The number of hydroxylamine groups is 1. The van der Waals surface area contributed by atoms with Gasteiger partial charge in [-0.2, -0.15) is 0 Å². The number of H-pyrrole nitrogens is 1. The molecule has 2 aromatic carbocycles. The van der Waals surface area contributed by atoms with Gasteiger partial charge in [0.15, 0.2) is 5.82 Å². The van der Waals surface area contributed by atoms with E-state index < -0.39 is 11.9 Å². The van der Waals surface area contributed by atoms with Crippen LogP contribution < -0.4 is 10.8 Å². The zero-order valence-corrected chi connectivity index (χ0v) is 20.6. The van der Waals surface area contributed by atoms with Crippen LogP contribution in [0.5, 0.6) is 0 Å². The summed E-state index contributed by atoms with van der Waals surface area (Å²) in [7, 11) is 0. The van der Waals surface area contributed by atoms with Gasteiger partial charge in [0.2, 0.25) is 5.91 Å².